The van der Waals surface area contributed by atoms with Crippen LogP contribution in [0, 0.1) is 5.82 Å². The second kappa shape index (κ2) is 7.54. The lowest BCUT2D eigenvalue weighted by atomic mass is 10.0. The maximum atomic E-state index is 14.1. The van der Waals surface area contributed by atoms with Crippen molar-refractivity contribution in [3.05, 3.63) is 58.9 Å². The average molecular weight is 399 g/mol. The van der Waals surface area contributed by atoms with E-state index in [4.69, 9.17) is 10.8 Å². The number of piperidine rings is 1. The number of ether oxygens (including phenoxy) is 2. The largest absolute Gasteiger partial charge is 0.497 e. The molecule has 1 unspecified atom stereocenters. The number of hydrogen-bond donors (Lipinski definition) is 1. The fourth-order valence-electron chi connectivity index (χ4n) is 3.47. The molecule has 2 aliphatic heterocycles. The summed E-state index contributed by atoms with van der Waals surface area (Å²) >= 11 is 0. The maximum absolute atomic E-state index is 14.1. The van der Waals surface area contributed by atoms with Crippen molar-refractivity contribution < 1.29 is 29.6 Å². The molecule has 1 saturated heterocycles. The van der Waals surface area contributed by atoms with Gasteiger partial charge in [0.2, 0.25) is 11.8 Å². The van der Waals surface area contributed by atoms with Gasteiger partial charge in [-0.15, -0.1) is 0 Å². The molecule has 2 aromatic rings. The molecule has 150 valence electrons. The highest BCUT2D eigenvalue weighted by Crippen LogP contribution is 2.34. The summed E-state index contributed by atoms with van der Waals surface area (Å²) in [5.41, 5.74) is 1.12. The molecule has 0 radical (unpaired) electrons. The minimum Gasteiger partial charge on any atom is -0.497 e. The van der Waals surface area contributed by atoms with Gasteiger partial charge in [-0.25, -0.2) is 4.39 Å². The zero-order valence-electron chi connectivity index (χ0n) is 16.7. The molecule has 0 aromatic heterocycles. The van der Waals surface area contributed by atoms with Gasteiger partial charge in [0.15, 0.2) is 0 Å². The molecule has 0 spiro atoms. The molecule has 0 saturated carbocycles. The molecule has 1 fully saturated rings. The Labute approximate surface area is 167 Å². The Kier molecular flexibility index (Phi) is 4.59. The van der Waals surface area contributed by atoms with Crippen molar-refractivity contribution in [3.8, 4) is 11.5 Å². The first kappa shape index (κ1) is 17.7. The SMILES string of the molecule is [2H]C1(N2Cc3c(OCc4cc(OC)ccc4F)cccc3C2=O)CCC(=O)NC1=O. The van der Waals surface area contributed by atoms with E-state index in [9.17, 15) is 18.8 Å². The summed E-state index contributed by atoms with van der Waals surface area (Å²) in [7, 11) is 1.48. The van der Waals surface area contributed by atoms with E-state index in [1.54, 1.807) is 18.2 Å². The Hall–Kier alpha value is -3.42. The molecular weight excluding hydrogens is 379 g/mol. The van der Waals surface area contributed by atoms with E-state index in [0.29, 0.717) is 22.6 Å². The summed E-state index contributed by atoms with van der Waals surface area (Å²) in [6.07, 6.45) is -0.101. The first-order valence-electron chi connectivity index (χ1n) is 9.57. The number of amides is 3. The van der Waals surface area contributed by atoms with Crippen molar-refractivity contribution in [2.75, 3.05) is 7.11 Å². The first-order chi connectivity index (χ1) is 14.3. The standard InChI is InChI=1S/C21H19FN2O5/c1-28-13-5-6-16(22)12(9-13)11-29-18-4-2-3-14-15(18)10-24(21(14)27)17-7-8-19(25)23-20(17)26/h2-6,9,17H,7-8,10-11H2,1H3,(H,23,25,26)/i17D. The van der Waals surface area contributed by atoms with E-state index in [-0.39, 0.29) is 31.6 Å². The van der Waals surface area contributed by atoms with Crippen LogP contribution in [0.25, 0.3) is 0 Å². The third kappa shape index (κ3) is 3.53. The third-order valence-corrected chi connectivity index (χ3v) is 4.99. The number of fused-ring (bicyclic) bond motifs is 1. The number of methoxy groups -OCH3 is 1. The smallest absolute Gasteiger partial charge is 0.255 e. The minimum absolute atomic E-state index is 0.0178. The Morgan fingerprint density at radius 1 is 1.28 bits per heavy atom. The highest BCUT2D eigenvalue weighted by molar-refractivity contribution is 6.05. The molecule has 4 rings (SSSR count). The van der Waals surface area contributed by atoms with E-state index in [0.717, 1.165) is 4.90 Å². The number of benzene rings is 2. The van der Waals surface area contributed by atoms with Gasteiger partial charge in [0, 0.05) is 23.1 Å². The van der Waals surface area contributed by atoms with Crippen LogP contribution in [-0.2, 0) is 22.7 Å². The van der Waals surface area contributed by atoms with Crippen LogP contribution in [0.1, 0.15) is 35.7 Å². The molecule has 2 aliphatic rings. The fourth-order valence-corrected chi connectivity index (χ4v) is 3.47. The normalized spacial score (nSPS) is 21.5. The van der Waals surface area contributed by atoms with Gasteiger partial charge in [0.25, 0.3) is 5.91 Å². The van der Waals surface area contributed by atoms with Crippen LogP contribution in [0.4, 0.5) is 4.39 Å². The van der Waals surface area contributed by atoms with Crippen LogP contribution in [0.3, 0.4) is 0 Å². The highest BCUT2D eigenvalue weighted by atomic mass is 19.1. The van der Waals surface area contributed by atoms with Crippen LogP contribution in [-0.4, -0.2) is 35.7 Å². The first-order valence-corrected chi connectivity index (χ1v) is 9.07. The van der Waals surface area contributed by atoms with Crippen molar-refractivity contribution in [1.82, 2.24) is 10.2 Å². The molecule has 7 nitrogen and oxygen atoms in total. The molecule has 29 heavy (non-hydrogen) atoms. The Bertz CT molecular complexity index is 1060. The van der Waals surface area contributed by atoms with Gasteiger partial charge in [0.05, 0.1) is 15.0 Å². The van der Waals surface area contributed by atoms with Gasteiger partial charge in [-0.05, 0) is 36.8 Å². The van der Waals surface area contributed by atoms with E-state index in [2.05, 4.69) is 5.32 Å². The van der Waals surface area contributed by atoms with Crippen molar-refractivity contribution >= 4 is 17.7 Å². The number of halogens is 1. The Balaban J connectivity index is 1.58. The van der Waals surface area contributed by atoms with E-state index in [1.165, 1.54) is 25.3 Å². The molecule has 2 heterocycles. The van der Waals surface area contributed by atoms with Crippen LogP contribution in [0.2, 0.25) is 0 Å². The summed E-state index contributed by atoms with van der Waals surface area (Å²) in [6.45, 7) is -0.106. The minimum atomic E-state index is -1.87. The van der Waals surface area contributed by atoms with E-state index >= 15 is 0 Å². The number of nitrogens with one attached hydrogen (secondary N) is 1. The molecule has 0 bridgehead atoms. The summed E-state index contributed by atoms with van der Waals surface area (Å²) in [5, 5.41) is 2.13. The molecule has 8 heteroatoms. The van der Waals surface area contributed by atoms with Gasteiger partial charge in [-0.3, -0.25) is 19.7 Å². The number of carbonyl (C=O) groups excluding carboxylic acids is 3. The predicted molar refractivity (Wildman–Crippen MR) is 99.8 cm³/mol. The van der Waals surface area contributed by atoms with Crippen LogP contribution in [0.5, 0.6) is 11.5 Å². The molecule has 3 amide bonds. The van der Waals surface area contributed by atoms with Crippen LogP contribution < -0.4 is 14.8 Å². The second-order valence-electron chi connectivity index (χ2n) is 6.74. The summed E-state index contributed by atoms with van der Waals surface area (Å²) in [6, 6.07) is 7.30. The molecule has 0 aliphatic carbocycles. The lowest BCUT2D eigenvalue weighted by Gasteiger charge is -2.29. The summed E-state index contributed by atoms with van der Waals surface area (Å²) in [4.78, 5) is 37.8. The number of rotatable bonds is 5. The molecule has 2 aromatic carbocycles. The third-order valence-electron chi connectivity index (χ3n) is 4.99. The van der Waals surface area contributed by atoms with Gasteiger partial charge < -0.3 is 14.4 Å². The maximum Gasteiger partial charge on any atom is 0.255 e. The number of hydrogen-bond acceptors (Lipinski definition) is 5. The number of carbonyl (C=O) groups is 3. The monoisotopic (exact) mass is 399 g/mol. The highest BCUT2D eigenvalue weighted by Gasteiger charge is 2.40. The van der Waals surface area contributed by atoms with Gasteiger partial charge >= 0.3 is 0 Å². The second-order valence-corrected chi connectivity index (χ2v) is 6.74. The summed E-state index contributed by atoms with van der Waals surface area (Å²) < 4.78 is 33.5. The predicted octanol–water partition coefficient (Wildman–Crippen LogP) is 2.17. The van der Waals surface area contributed by atoms with Gasteiger partial charge in [-0.2, -0.15) is 0 Å². The van der Waals surface area contributed by atoms with E-state index in [1.807, 2.05) is 0 Å². The number of nitrogens with zero attached hydrogens (tertiary/aromatic N) is 1. The number of imide groups is 1. The van der Waals surface area contributed by atoms with Crippen molar-refractivity contribution in [2.45, 2.75) is 32.0 Å². The van der Waals surface area contributed by atoms with Crippen molar-refractivity contribution in [1.29, 1.82) is 0 Å². The quantitative estimate of drug-likeness (QED) is 0.779. The van der Waals surface area contributed by atoms with Gasteiger partial charge in [0.1, 0.15) is 29.9 Å². The lowest BCUT2D eigenvalue weighted by molar-refractivity contribution is -0.136. The Morgan fingerprint density at radius 2 is 2.10 bits per heavy atom. The van der Waals surface area contributed by atoms with Crippen LogP contribution >= 0.6 is 0 Å². The topological polar surface area (TPSA) is 84.9 Å². The lowest BCUT2D eigenvalue weighted by Crippen LogP contribution is -2.52. The van der Waals surface area contributed by atoms with E-state index < -0.39 is 29.6 Å². The molecule has 1 N–H and O–H groups in total. The fraction of sp³-hybridized carbons (Fsp3) is 0.286. The average Bonchev–Trinajstić information content (AvgIpc) is 3.08. The zero-order chi connectivity index (χ0) is 21.5. The molecular formula is C21H19FN2O5. The van der Waals surface area contributed by atoms with Crippen LogP contribution in [0.15, 0.2) is 36.4 Å². The summed E-state index contributed by atoms with van der Waals surface area (Å²) in [5.74, 6) is -1.36. The van der Waals surface area contributed by atoms with Crippen molar-refractivity contribution in [2.24, 2.45) is 0 Å². The zero-order valence-corrected chi connectivity index (χ0v) is 15.7. The van der Waals surface area contributed by atoms with Gasteiger partial charge in [-0.1, -0.05) is 6.07 Å². The molecule has 1 atom stereocenters. The van der Waals surface area contributed by atoms with Crippen molar-refractivity contribution in [3.63, 3.8) is 0 Å². The Morgan fingerprint density at radius 3 is 2.86 bits per heavy atom.